The third-order valence-corrected chi connectivity index (χ3v) is 5.94. The number of aromatic nitrogens is 2. The van der Waals surface area contributed by atoms with Gasteiger partial charge in [0, 0.05) is 4.90 Å². The lowest BCUT2D eigenvalue weighted by Gasteiger charge is -2.03. The largest absolute Gasteiger partial charge is 0.396 e. The van der Waals surface area contributed by atoms with Crippen molar-refractivity contribution in [1.29, 1.82) is 0 Å². The van der Waals surface area contributed by atoms with Gasteiger partial charge >= 0.3 is 0 Å². The normalized spacial score (nSPS) is 11.4. The van der Waals surface area contributed by atoms with Gasteiger partial charge in [0.15, 0.2) is 4.34 Å². The van der Waals surface area contributed by atoms with Crippen molar-refractivity contribution >= 4 is 60.6 Å². The quantitative estimate of drug-likeness (QED) is 0.548. The van der Waals surface area contributed by atoms with Crippen LogP contribution in [0.15, 0.2) is 51.1 Å². The SMILES string of the molecule is Nc1c(Sc2nc3ccccc3s2)ccc2scnc12. The van der Waals surface area contributed by atoms with E-state index in [-0.39, 0.29) is 0 Å². The molecule has 2 heterocycles. The molecule has 98 valence electrons. The molecule has 0 bridgehead atoms. The summed E-state index contributed by atoms with van der Waals surface area (Å²) in [4.78, 5) is 9.97. The van der Waals surface area contributed by atoms with E-state index >= 15 is 0 Å². The second-order valence-corrected chi connectivity index (χ2v) is 7.43. The summed E-state index contributed by atoms with van der Waals surface area (Å²) in [6.45, 7) is 0. The first kappa shape index (κ1) is 12.1. The van der Waals surface area contributed by atoms with Crippen LogP contribution in [0, 0.1) is 0 Å². The third-order valence-electron chi connectivity index (χ3n) is 2.97. The molecule has 0 aliphatic carbocycles. The molecule has 20 heavy (non-hydrogen) atoms. The number of fused-ring (bicyclic) bond motifs is 2. The van der Waals surface area contributed by atoms with Crippen LogP contribution in [0.3, 0.4) is 0 Å². The maximum absolute atomic E-state index is 6.21. The van der Waals surface area contributed by atoms with Gasteiger partial charge in [-0.15, -0.1) is 22.7 Å². The molecule has 0 aliphatic rings. The Kier molecular flexibility index (Phi) is 2.87. The standard InChI is InChI=1S/C14H9N3S3/c15-12-10(5-6-11-13(12)16-7-18-11)20-14-17-8-3-1-2-4-9(8)19-14/h1-7H,15H2. The molecule has 3 nitrogen and oxygen atoms in total. The maximum Gasteiger partial charge on any atom is 0.155 e. The number of anilines is 1. The first-order valence-corrected chi connectivity index (χ1v) is 8.47. The minimum atomic E-state index is 0.744. The predicted octanol–water partition coefficient (Wildman–Crippen LogP) is 4.64. The lowest BCUT2D eigenvalue weighted by Crippen LogP contribution is -1.89. The van der Waals surface area contributed by atoms with E-state index in [1.165, 1.54) is 4.70 Å². The molecular weight excluding hydrogens is 306 g/mol. The topological polar surface area (TPSA) is 51.8 Å². The molecule has 2 aromatic carbocycles. The van der Waals surface area contributed by atoms with Gasteiger partial charge in [0.2, 0.25) is 0 Å². The average Bonchev–Trinajstić information content (AvgIpc) is 3.08. The first-order valence-electron chi connectivity index (χ1n) is 5.96. The Morgan fingerprint density at radius 1 is 1.05 bits per heavy atom. The first-order chi connectivity index (χ1) is 9.81. The summed E-state index contributed by atoms with van der Waals surface area (Å²) in [6, 6.07) is 12.3. The zero-order chi connectivity index (χ0) is 13.5. The summed E-state index contributed by atoms with van der Waals surface area (Å²) >= 11 is 4.90. The van der Waals surface area contributed by atoms with Crippen LogP contribution in [0.5, 0.6) is 0 Å². The number of nitrogens with zero attached hydrogens (tertiary/aromatic N) is 2. The van der Waals surface area contributed by atoms with E-state index in [9.17, 15) is 0 Å². The van der Waals surface area contributed by atoms with Crippen molar-refractivity contribution in [3.05, 3.63) is 41.9 Å². The van der Waals surface area contributed by atoms with Crippen LogP contribution in [0.1, 0.15) is 0 Å². The van der Waals surface area contributed by atoms with Crippen LogP contribution >= 0.6 is 34.4 Å². The highest BCUT2D eigenvalue weighted by Crippen LogP contribution is 2.39. The van der Waals surface area contributed by atoms with Gasteiger partial charge in [-0.25, -0.2) is 9.97 Å². The van der Waals surface area contributed by atoms with Gasteiger partial charge in [0.25, 0.3) is 0 Å². The average molecular weight is 315 g/mol. The Balaban J connectivity index is 1.78. The van der Waals surface area contributed by atoms with Crippen molar-refractivity contribution in [3.8, 4) is 0 Å². The van der Waals surface area contributed by atoms with Gasteiger partial charge in [0.05, 0.1) is 26.1 Å². The predicted molar refractivity (Wildman–Crippen MR) is 87.8 cm³/mol. The zero-order valence-corrected chi connectivity index (χ0v) is 12.7. The second-order valence-electron chi connectivity index (χ2n) is 4.23. The Hall–Kier alpha value is -1.63. The molecule has 0 radical (unpaired) electrons. The van der Waals surface area contributed by atoms with Crippen molar-refractivity contribution in [1.82, 2.24) is 9.97 Å². The van der Waals surface area contributed by atoms with E-state index in [0.29, 0.717) is 0 Å². The number of benzene rings is 2. The van der Waals surface area contributed by atoms with Gasteiger partial charge in [-0.2, -0.15) is 0 Å². The molecule has 0 amide bonds. The molecule has 0 saturated carbocycles. The molecule has 2 aromatic heterocycles. The molecule has 2 N–H and O–H groups in total. The van der Waals surface area contributed by atoms with E-state index in [1.807, 2.05) is 29.8 Å². The minimum Gasteiger partial charge on any atom is -0.396 e. The van der Waals surface area contributed by atoms with Crippen LogP contribution in [0.25, 0.3) is 20.4 Å². The fourth-order valence-electron chi connectivity index (χ4n) is 2.01. The van der Waals surface area contributed by atoms with E-state index in [1.54, 1.807) is 34.4 Å². The van der Waals surface area contributed by atoms with Gasteiger partial charge < -0.3 is 5.73 Å². The second kappa shape index (κ2) is 4.73. The van der Waals surface area contributed by atoms with E-state index < -0.39 is 0 Å². The van der Waals surface area contributed by atoms with Crippen LogP contribution in [0.4, 0.5) is 5.69 Å². The molecule has 0 saturated heterocycles. The molecule has 6 heteroatoms. The highest BCUT2D eigenvalue weighted by Gasteiger charge is 2.11. The summed E-state index contributed by atoms with van der Waals surface area (Å²) in [5.41, 5.74) is 10.7. The summed E-state index contributed by atoms with van der Waals surface area (Å²) < 4.78 is 3.33. The molecular formula is C14H9N3S3. The van der Waals surface area contributed by atoms with E-state index in [2.05, 4.69) is 22.1 Å². The van der Waals surface area contributed by atoms with Crippen LogP contribution < -0.4 is 5.73 Å². The van der Waals surface area contributed by atoms with Crippen molar-refractivity contribution in [2.24, 2.45) is 0 Å². The molecule has 4 rings (SSSR count). The number of para-hydroxylation sites is 1. The molecule has 0 fully saturated rings. The highest BCUT2D eigenvalue weighted by molar-refractivity contribution is 8.01. The van der Waals surface area contributed by atoms with Crippen molar-refractivity contribution < 1.29 is 0 Å². The summed E-state index contributed by atoms with van der Waals surface area (Å²) in [5, 5.41) is 0. The highest BCUT2D eigenvalue weighted by atomic mass is 32.2. The Labute approximate surface area is 127 Å². The number of nitrogen functional groups attached to an aromatic ring is 1. The Bertz CT molecular complexity index is 877. The van der Waals surface area contributed by atoms with E-state index in [4.69, 9.17) is 5.73 Å². The smallest absolute Gasteiger partial charge is 0.155 e. The van der Waals surface area contributed by atoms with Crippen LogP contribution in [-0.2, 0) is 0 Å². The molecule has 0 unspecified atom stereocenters. The lowest BCUT2D eigenvalue weighted by molar-refractivity contribution is 1.29. The Morgan fingerprint density at radius 2 is 1.95 bits per heavy atom. The summed E-state index contributed by atoms with van der Waals surface area (Å²) in [6.07, 6.45) is 0. The van der Waals surface area contributed by atoms with E-state index in [0.717, 1.165) is 30.7 Å². The summed E-state index contributed by atoms with van der Waals surface area (Å²) in [5.74, 6) is 0. The third kappa shape index (κ3) is 1.96. The number of nitrogens with two attached hydrogens (primary N) is 1. The molecule has 0 aliphatic heterocycles. The summed E-state index contributed by atoms with van der Waals surface area (Å²) in [7, 11) is 0. The lowest BCUT2D eigenvalue weighted by atomic mass is 10.3. The molecule has 0 atom stereocenters. The van der Waals surface area contributed by atoms with Gasteiger partial charge in [0.1, 0.15) is 5.52 Å². The van der Waals surface area contributed by atoms with Crippen LogP contribution in [-0.4, -0.2) is 9.97 Å². The van der Waals surface area contributed by atoms with Gasteiger partial charge in [-0.05, 0) is 24.3 Å². The molecule has 0 spiro atoms. The number of hydrogen-bond donors (Lipinski definition) is 1. The zero-order valence-electron chi connectivity index (χ0n) is 10.2. The van der Waals surface area contributed by atoms with Gasteiger partial charge in [-0.1, -0.05) is 23.9 Å². The minimum absolute atomic E-state index is 0.744. The van der Waals surface area contributed by atoms with Gasteiger partial charge in [-0.3, -0.25) is 0 Å². The molecule has 4 aromatic rings. The van der Waals surface area contributed by atoms with Crippen molar-refractivity contribution in [3.63, 3.8) is 0 Å². The van der Waals surface area contributed by atoms with Crippen LogP contribution in [0.2, 0.25) is 0 Å². The maximum atomic E-state index is 6.21. The Morgan fingerprint density at radius 3 is 2.85 bits per heavy atom. The number of thiazole rings is 2. The monoisotopic (exact) mass is 315 g/mol. The number of hydrogen-bond acceptors (Lipinski definition) is 6. The fourth-order valence-corrected chi connectivity index (χ4v) is 4.78. The fraction of sp³-hybridized carbons (Fsp3) is 0. The van der Waals surface area contributed by atoms with Crippen molar-refractivity contribution in [2.75, 3.05) is 5.73 Å². The number of rotatable bonds is 2. The van der Waals surface area contributed by atoms with Crippen molar-refractivity contribution in [2.45, 2.75) is 9.24 Å².